The molecule has 4 nitrogen and oxygen atoms in total. The van der Waals surface area contributed by atoms with Crippen molar-refractivity contribution in [3.63, 3.8) is 0 Å². The fourth-order valence-electron chi connectivity index (χ4n) is 2.29. The van der Waals surface area contributed by atoms with Crippen LogP contribution < -0.4 is 0 Å². The standard InChI is InChI=1S/C14H18N2O2S/c15-12-13-4-6-14(7-5-13)19(17,18)11-10-16-8-2-1-3-9-16/h4-7H,1-3,8-11H2. The van der Waals surface area contributed by atoms with Gasteiger partial charge in [0.15, 0.2) is 9.84 Å². The van der Waals surface area contributed by atoms with Gasteiger partial charge in [0, 0.05) is 6.54 Å². The molecule has 19 heavy (non-hydrogen) atoms. The van der Waals surface area contributed by atoms with Gasteiger partial charge in [-0.1, -0.05) is 6.42 Å². The van der Waals surface area contributed by atoms with E-state index < -0.39 is 9.84 Å². The van der Waals surface area contributed by atoms with E-state index in [2.05, 4.69) is 4.90 Å². The van der Waals surface area contributed by atoms with Crippen LogP contribution in [0.2, 0.25) is 0 Å². The SMILES string of the molecule is N#Cc1ccc(S(=O)(=O)CCN2CCCCC2)cc1. The summed E-state index contributed by atoms with van der Waals surface area (Å²) in [4.78, 5) is 2.52. The lowest BCUT2D eigenvalue weighted by Crippen LogP contribution is -2.33. The Morgan fingerprint density at radius 3 is 2.32 bits per heavy atom. The first kappa shape index (κ1) is 14.0. The van der Waals surface area contributed by atoms with Gasteiger partial charge in [-0.2, -0.15) is 5.26 Å². The zero-order chi connectivity index (χ0) is 13.7. The zero-order valence-corrected chi connectivity index (χ0v) is 11.7. The maximum absolute atomic E-state index is 12.2. The molecule has 0 radical (unpaired) electrons. The molecule has 0 atom stereocenters. The molecular formula is C14H18N2O2S. The van der Waals surface area contributed by atoms with Gasteiger partial charge in [0.2, 0.25) is 0 Å². The molecule has 1 aromatic rings. The highest BCUT2D eigenvalue weighted by molar-refractivity contribution is 7.91. The number of likely N-dealkylation sites (tertiary alicyclic amines) is 1. The van der Waals surface area contributed by atoms with Gasteiger partial charge in [-0.3, -0.25) is 0 Å². The summed E-state index contributed by atoms with van der Waals surface area (Å²) in [6.07, 6.45) is 3.58. The van der Waals surface area contributed by atoms with Gasteiger partial charge in [0.25, 0.3) is 0 Å². The van der Waals surface area contributed by atoms with Crippen LogP contribution in [-0.4, -0.2) is 38.7 Å². The second kappa shape index (κ2) is 6.18. The average molecular weight is 278 g/mol. The summed E-state index contributed by atoms with van der Waals surface area (Å²) in [5.74, 6) is 0.152. The molecule has 102 valence electrons. The summed E-state index contributed by atoms with van der Waals surface area (Å²) in [6.45, 7) is 2.61. The normalized spacial score (nSPS) is 17.0. The number of piperidine rings is 1. The molecular weight excluding hydrogens is 260 g/mol. The van der Waals surface area contributed by atoms with E-state index in [1.54, 1.807) is 12.1 Å². The van der Waals surface area contributed by atoms with Gasteiger partial charge >= 0.3 is 0 Å². The van der Waals surface area contributed by atoms with Crippen LogP contribution in [0.25, 0.3) is 0 Å². The Balaban J connectivity index is 1.99. The summed E-state index contributed by atoms with van der Waals surface area (Å²) in [5.41, 5.74) is 0.481. The first-order valence-electron chi connectivity index (χ1n) is 6.57. The van der Waals surface area contributed by atoms with Gasteiger partial charge in [0.05, 0.1) is 22.3 Å². The van der Waals surface area contributed by atoms with Crippen molar-refractivity contribution in [3.8, 4) is 6.07 Å². The molecule has 1 aromatic carbocycles. The van der Waals surface area contributed by atoms with E-state index in [1.165, 1.54) is 18.6 Å². The number of rotatable bonds is 4. The minimum atomic E-state index is -3.24. The molecule has 0 N–H and O–H groups in total. The molecule has 1 aliphatic heterocycles. The molecule has 0 unspecified atom stereocenters. The van der Waals surface area contributed by atoms with E-state index in [0.29, 0.717) is 17.0 Å². The quantitative estimate of drug-likeness (QED) is 0.843. The molecule has 1 fully saturated rings. The number of nitriles is 1. The summed E-state index contributed by atoms with van der Waals surface area (Å²) in [7, 11) is -3.24. The third-order valence-electron chi connectivity index (χ3n) is 3.47. The van der Waals surface area contributed by atoms with E-state index in [4.69, 9.17) is 5.26 Å². The summed E-state index contributed by atoms with van der Waals surface area (Å²) in [6, 6.07) is 8.12. The number of nitrogens with zero attached hydrogens (tertiary/aromatic N) is 2. The maximum Gasteiger partial charge on any atom is 0.179 e. The molecule has 0 amide bonds. The molecule has 1 heterocycles. The van der Waals surface area contributed by atoms with Crippen LogP contribution in [0.15, 0.2) is 29.2 Å². The minimum absolute atomic E-state index is 0.152. The highest BCUT2D eigenvalue weighted by Crippen LogP contribution is 2.14. The first-order chi connectivity index (χ1) is 9.12. The Hall–Kier alpha value is -1.38. The fraction of sp³-hybridized carbons (Fsp3) is 0.500. The van der Waals surface area contributed by atoms with Crippen LogP contribution in [0.1, 0.15) is 24.8 Å². The minimum Gasteiger partial charge on any atom is -0.302 e. The monoisotopic (exact) mass is 278 g/mol. The Kier molecular flexibility index (Phi) is 4.56. The van der Waals surface area contributed by atoms with Gasteiger partial charge in [-0.25, -0.2) is 8.42 Å². The largest absolute Gasteiger partial charge is 0.302 e. The predicted molar refractivity (Wildman–Crippen MR) is 73.5 cm³/mol. The van der Waals surface area contributed by atoms with Gasteiger partial charge in [-0.05, 0) is 50.2 Å². The lowest BCUT2D eigenvalue weighted by atomic mass is 10.1. The van der Waals surface area contributed by atoms with Gasteiger partial charge < -0.3 is 4.90 Å². The predicted octanol–water partition coefficient (Wildman–Crippen LogP) is 1.82. The van der Waals surface area contributed by atoms with Crippen molar-refractivity contribution in [2.24, 2.45) is 0 Å². The molecule has 0 aliphatic carbocycles. The average Bonchev–Trinajstić information content (AvgIpc) is 2.46. The Morgan fingerprint density at radius 2 is 1.74 bits per heavy atom. The lowest BCUT2D eigenvalue weighted by Gasteiger charge is -2.26. The first-order valence-corrected chi connectivity index (χ1v) is 8.22. The van der Waals surface area contributed by atoms with E-state index in [1.807, 2.05) is 6.07 Å². The van der Waals surface area contributed by atoms with Crippen molar-refractivity contribution in [2.45, 2.75) is 24.2 Å². The molecule has 0 bridgehead atoms. The maximum atomic E-state index is 12.2. The molecule has 5 heteroatoms. The van der Waals surface area contributed by atoms with Crippen LogP contribution in [0.5, 0.6) is 0 Å². The molecule has 0 aromatic heterocycles. The molecule has 1 aliphatic rings. The fourth-order valence-corrected chi connectivity index (χ4v) is 3.57. The number of sulfone groups is 1. The van der Waals surface area contributed by atoms with Crippen LogP contribution in [0.3, 0.4) is 0 Å². The van der Waals surface area contributed by atoms with Crippen LogP contribution in [0.4, 0.5) is 0 Å². The second-order valence-corrected chi connectivity index (χ2v) is 6.97. The lowest BCUT2D eigenvalue weighted by molar-refractivity contribution is 0.241. The smallest absolute Gasteiger partial charge is 0.179 e. The Bertz CT molecular complexity index is 552. The van der Waals surface area contributed by atoms with Gasteiger partial charge in [0.1, 0.15) is 0 Å². The molecule has 2 rings (SSSR count). The van der Waals surface area contributed by atoms with Crippen LogP contribution >= 0.6 is 0 Å². The second-order valence-electron chi connectivity index (χ2n) is 4.86. The van der Waals surface area contributed by atoms with Crippen molar-refractivity contribution in [1.29, 1.82) is 5.26 Å². The third-order valence-corrected chi connectivity index (χ3v) is 5.18. The molecule has 0 spiro atoms. The van der Waals surface area contributed by atoms with Crippen LogP contribution in [0, 0.1) is 11.3 Å². The topological polar surface area (TPSA) is 61.2 Å². The van der Waals surface area contributed by atoms with Crippen molar-refractivity contribution in [1.82, 2.24) is 4.90 Å². The van der Waals surface area contributed by atoms with Crippen molar-refractivity contribution >= 4 is 9.84 Å². The third kappa shape index (κ3) is 3.79. The van der Waals surface area contributed by atoms with E-state index in [-0.39, 0.29) is 5.75 Å². The Labute approximate surface area is 114 Å². The molecule has 0 saturated carbocycles. The highest BCUT2D eigenvalue weighted by Gasteiger charge is 2.17. The summed E-state index contributed by atoms with van der Waals surface area (Å²) >= 11 is 0. The van der Waals surface area contributed by atoms with E-state index >= 15 is 0 Å². The van der Waals surface area contributed by atoms with E-state index in [9.17, 15) is 8.42 Å². The van der Waals surface area contributed by atoms with E-state index in [0.717, 1.165) is 25.9 Å². The Morgan fingerprint density at radius 1 is 1.11 bits per heavy atom. The van der Waals surface area contributed by atoms with Crippen molar-refractivity contribution in [2.75, 3.05) is 25.4 Å². The van der Waals surface area contributed by atoms with Gasteiger partial charge in [-0.15, -0.1) is 0 Å². The highest BCUT2D eigenvalue weighted by atomic mass is 32.2. The molecule has 1 saturated heterocycles. The number of benzene rings is 1. The van der Waals surface area contributed by atoms with Crippen molar-refractivity contribution < 1.29 is 8.42 Å². The number of hydrogen-bond donors (Lipinski definition) is 0. The zero-order valence-electron chi connectivity index (χ0n) is 10.9. The van der Waals surface area contributed by atoms with Crippen molar-refractivity contribution in [3.05, 3.63) is 29.8 Å². The number of hydrogen-bond acceptors (Lipinski definition) is 4. The summed E-state index contributed by atoms with van der Waals surface area (Å²) < 4.78 is 24.3. The van der Waals surface area contributed by atoms with Crippen LogP contribution in [-0.2, 0) is 9.84 Å². The summed E-state index contributed by atoms with van der Waals surface area (Å²) in [5, 5.41) is 8.70.